The number of carbonyl (C=O) groups excluding carboxylic acids is 1. The van der Waals surface area contributed by atoms with E-state index in [1.54, 1.807) is 18.2 Å². The lowest BCUT2D eigenvalue weighted by Crippen LogP contribution is -2.36. The Morgan fingerprint density at radius 1 is 1.12 bits per heavy atom. The first-order valence-electron chi connectivity index (χ1n) is 10.0. The third kappa shape index (κ3) is 4.74. The van der Waals surface area contributed by atoms with Gasteiger partial charge in [0.2, 0.25) is 0 Å². The summed E-state index contributed by atoms with van der Waals surface area (Å²) >= 11 is 11.9. The van der Waals surface area contributed by atoms with Gasteiger partial charge in [0, 0.05) is 22.2 Å². The Morgan fingerprint density at radius 3 is 2.41 bits per heavy atom. The first-order chi connectivity index (χ1) is 16.1. The Labute approximate surface area is 202 Å². The predicted octanol–water partition coefficient (Wildman–Crippen LogP) is 6.12. The summed E-state index contributed by atoms with van der Waals surface area (Å²) in [6, 6.07) is 6.58. The van der Waals surface area contributed by atoms with E-state index in [-0.39, 0.29) is 17.8 Å². The minimum atomic E-state index is -4.59. The lowest BCUT2D eigenvalue weighted by Gasteiger charge is -2.34. The van der Waals surface area contributed by atoms with Crippen LogP contribution in [0.25, 0.3) is 0 Å². The molecule has 1 aliphatic heterocycles. The minimum Gasteiger partial charge on any atom is -0.493 e. The zero-order valence-electron chi connectivity index (χ0n) is 17.9. The Hall–Kier alpha value is -3.11. The quantitative estimate of drug-likeness (QED) is 0.428. The summed E-state index contributed by atoms with van der Waals surface area (Å²) in [6.45, 7) is 0. The molecule has 0 fully saturated rings. The van der Waals surface area contributed by atoms with Gasteiger partial charge >= 0.3 is 6.18 Å². The Kier molecular flexibility index (Phi) is 6.55. The summed E-state index contributed by atoms with van der Waals surface area (Å²) in [4.78, 5) is 12.9. The molecule has 2 aromatic carbocycles. The summed E-state index contributed by atoms with van der Waals surface area (Å²) < 4.78 is 53.2. The number of hydrogen-bond acceptors (Lipinski definition) is 5. The Bertz CT molecular complexity index is 1210. The summed E-state index contributed by atoms with van der Waals surface area (Å²) in [5, 5.41) is 10.1. The number of methoxy groups -OCH3 is 2. The van der Waals surface area contributed by atoms with Gasteiger partial charge in [0.1, 0.15) is 11.4 Å². The SMILES string of the molecule is COc1ccc([C@H]2C[C@@H](C(F)(F)F)n3ncc(C(=O)Nc4cc(Cl)cc(Cl)c4)c3N2)cc1OC. The number of hydrogen-bond donors (Lipinski definition) is 2. The van der Waals surface area contributed by atoms with Crippen LogP contribution in [0.1, 0.15) is 34.4 Å². The number of benzene rings is 2. The average Bonchev–Trinajstić information content (AvgIpc) is 3.20. The highest BCUT2D eigenvalue weighted by atomic mass is 35.5. The standard InChI is InChI=1S/C22H19Cl2F3N4O3/c1-33-17-4-3-11(5-18(17)34-2)16-9-19(22(25,26)27)31-20(30-16)15(10-28-31)21(32)29-14-7-12(23)6-13(24)8-14/h3-8,10,16,19,30H,9H2,1-2H3,(H,29,32)/t16-,19+/m1/s1. The average molecular weight is 515 g/mol. The number of fused-ring (bicyclic) bond motifs is 1. The molecule has 1 aromatic heterocycles. The molecule has 7 nitrogen and oxygen atoms in total. The van der Waals surface area contributed by atoms with Crippen molar-refractivity contribution in [3.05, 3.63) is 63.8 Å². The predicted molar refractivity (Wildman–Crippen MR) is 122 cm³/mol. The fraction of sp³-hybridized carbons (Fsp3) is 0.273. The van der Waals surface area contributed by atoms with E-state index in [1.807, 2.05) is 0 Å². The molecule has 0 radical (unpaired) electrons. The van der Waals surface area contributed by atoms with E-state index < -0.39 is 24.2 Å². The van der Waals surface area contributed by atoms with Gasteiger partial charge in [0.25, 0.3) is 5.91 Å². The second-order valence-electron chi connectivity index (χ2n) is 7.57. The third-order valence-electron chi connectivity index (χ3n) is 5.41. The number of ether oxygens (including phenoxy) is 2. The van der Waals surface area contributed by atoms with Crippen molar-refractivity contribution in [2.24, 2.45) is 0 Å². The van der Waals surface area contributed by atoms with Gasteiger partial charge in [-0.05, 0) is 35.9 Å². The summed E-state index contributed by atoms with van der Waals surface area (Å²) in [5.74, 6) is 0.0971. The number of halogens is 5. The van der Waals surface area contributed by atoms with E-state index in [9.17, 15) is 18.0 Å². The highest BCUT2D eigenvalue weighted by Gasteiger charge is 2.47. The van der Waals surface area contributed by atoms with Crippen LogP contribution in [0.5, 0.6) is 11.5 Å². The van der Waals surface area contributed by atoms with Crippen molar-refractivity contribution >= 4 is 40.6 Å². The lowest BCUT2D eigenvalue weighted by atomic mass is 9.96. The fourth-order valence-corrected chi connectivity index (χ4v) is 4.37. The number of nitrogens with one attached hydrogen (secondary N) is 2. The van der Waals surface area contributed by atoms with Gasteiger partial charge in [-0.25, -0.2) is 4.68 Å². The van der Waals surface area contributed by atoms with Gasteiger partial charge in [-0.15, -0.1) is 0 Å². The molecule has 0 saturated carbocycles. The number of aromatic nitrogens is 2. The molecule has 180 valence electrons. The molecule has 2 N–H and O–H groups in total. The van der Waals surface area contributed by atoms with Gasteiger partial charge in [-0.3, -0.25) is 4.79 Å². The zero-order chi connectivity index (χ0) is 24.6. The second kappa shape index (κ2) is 9.27. The smallest absolute Gasteiger partial charge is 0.410 e. The molecule has 34 heavy (non-hydrogen) atoms. The normalized spacial score (nSPS) is 17.5. The van der Waals surface area contributed by atoms with Crippen molar-refractivity contribution < 1.29 is 27.4 Å². The number of amides is 1. The number of nitrogens with zero attached hydrogens (tertiary/aromatic N) is 2. The summed E-state index contributed by atoms with van der Waals surface area (Å²) in [7, 11) is 2.90. The van der Waals surface area contributed by atoms with Gasteiger partial charge in [-0.2, -0.15) is 18.3 Å². The Morgan fingerprint density at radius 2 is 1.79 bits per heavy atom. The summed E-state index contributed by atoms with van der Waals surface area (Å²) in [6.07, 6.45) is -3.83. The van der Waals surface area contributed by atoms with Crippen LogP contribution in [0.2, 0.25) is 10.0 Å². The highest BCUT2D eigenvalue weighted by Crippen LogP contribution is 2.45. The van der Waals surface area contributed by atoms with Crippen molar-refractivity contribution in [3.63, 3.8) is 0 Å². The van der Waals surface area contributed by atoms with Crippen LogP contribution in [-0.4, -0.2) is 36.1 Å². The molecule has 0 bridgehead atoms. The molecule has 4 rings (SSSR count). The van der Waals surface area contributed by atoms with Crippen LogP contribution >= 0.6 is 23.2 Å². The number of rotatable bonds is 5. The van der Waals surface area contributed by atoms with Crippen molar-refractivity contribution in [1.29, 1.82) is 0 Å². The van der Waals surface area contributed by atoms with E-state index in [4.69, 9.17) is 32.7 Å². The first-order valence-corrected chi connectivity index (χ1v) is 10.8. The largest absolute Gasteiger partial charge is 0.493 e. The number of anilines is 2. The molecule has 1 amide bonds. The molecule has 2 atom stereocenters. The lowest BCUT2D eigenvalue weighted by molar-refractivity contribution is -0.173. The van der Waals surface area contributed by atoms with Crippen molar-refractivity contribution in [2.45, 2.75) is 24.7 Å². The number of carbonyl (C=O) groups is 1. The molecule has 0 spiro atoms. The first kappa shape index (κ1) is 24.0. The van der Waals surface area contributed by atoms with Crippen LogP contribution in [0, 0.1) is 0 Å². The van der Waals surface area contributed by atoms with Crippen LogP contribution in [0.4, 0.5) is 24.7 Å². The molecular weight excluding hydrogens is 496 g/mol. The summed E-state index contributed by atoms with van der Waals surface area (Å²) in [5.41, 5.74) is 0.768. The maximum absolute atomic E-state index is 14.0. The van der Waals surface area contributed by atoms with E-state index in [0.29, 0.717) is 32.8 Å². The molecular formula is C22H19Cl2F3N4O3. The van der Waals surface area contributed by atoms with Gasteiger partial charge in [-0.1, -0.05) is 29.3 Å². The molecule has 0 saturated heterocycles. The van der Waals surface area contributed by atoms with Gasteiger partial charge < -0.3 is 20.1 Å². The topological polar surface area (TPSA) is 77.4 Å². The molecule has 2 heterocycles. The second-order valence-corrected chi connectivity index (χ2v) is 8.44. The van der Waals surface area contributed by atoms with Gasteiger partial charge in [0.15, 0.2) is 17.5 Å². The fourth-order valence-electron chi connectivity index (χ4n) is 3.84. The van der Waals surface area contributed by atoms with Crippen molar-refractivity contribution in [2.75, 3.05) is 24.9 Å². The highest BCUT2D eigenvalue weighted by molar-refractivity contribution is 6.35. The van der Waals surface area contributed by atoms with Crippen LogP contribution in [0.15, 0.2) is 42.6 Å². The third-order valence-corrected chi connectivity index (χ3v) is 5.85. The monoisotopic (exact) mass is 514 g/mol. The maximum Gasteiger partial charge on any atom is 0.410 e. The van der Waals surface area contributed by atoms with Crippen LogP contribution in [0.3, 0.4) is 0 Å². The molecule has 0 unspecified atom stereocenters. The maximum atomic E-state index is 14.0. The van der Waals surface area contributed by atoms with E-state index in [0.717, 1.165) is 10.9 Å². The van der Waals surface area contributed by atoms with Crippen molar-refractivity contribution in [3.8, 4) is 11.5 Å². The minimum absolute atomic E-state index is 0.0565. The molecule has 1 aliphatic rings. The van der Waals surface area contributed by atoms with Crippen LogP contribution < -0.4 is 20.1 Å². The van der Waals surface area contributed by atoms with Gasteiger partial charge in [0.05, 0.1) is 26.5 Å². The molecule has 3 aromatic rings. The van der Waals surface area contributed by atoms with E-state index in [1.165, 1.54) is 32.4 Å². The molecule has 12 heteroatoms. The van der Waals surface area contributed by atoms with Crippen LogP contribution in [-0.2, 0) is 0 Å². The Balaban J connectivity index is 1.70. The van der Waals surface area contributed by atoms with E-state index >= 15 is 0 Å². The number of alkyl halides is 3. The molecule has 0 aliphatic carbocycles. The van der Waals surface area contributed by atoms with E-state index in [2.05, 4.69) is 15.7 Å². The van der Waals surface area contributed by atoms with Crippen molar-refractivity contribution in [1.82, 2.24) is 9.78 Å². The zero-order valence-corrected chi connectivity index (χ0v) is 19.4.